The number of hydrogen-bond donors (Lipinski definition) is 2. The number of aliphatic carboxylic acids is 1. The molecule has 1 aromatic carbocycles. The van der Waals surface area contributed by atoms with Crippen molar-refractivity contribution in [2.45, 2.75) is 12.2 Å². The van der Waals surface area contributed by atoms with Gasteiger partial charge in [0.1, 0.15) is 0 Å². The van der Waals surface area contributed by atoms with E-state index in [0.29, 0.717) is 4.47 Å². The Morgan fingerprint density at radius 3 is 2.28 bits per heavy atom. The molecular formula is C10H7BrF3NO3. The van der Waals surface area contributed by atoms with Crippen molar-refractivity contribution >= 4 is 27.8 Å². The maximum atomic E-state index is 12.1. The predicted octanol–water partition coefficient (Wildman–Crippen LogP) is 2.25. The first-order chi connectivity index (χ1) is 8.23. The van der Waals surface area contributed by atoms with Gasteiger partial charge < -0.3 is 10.4 Å². The van der Waals surface area contributed by atoms with Gasteiger partial charge in [-0.05, 0) is 11.6 Å². The van der Waals surface area contributed by atoms with E-state index in [-0.39, 0.29) is 5.56 Å². The van der Waals surface area contributed by atoms with Crippen LogP contribution in [0.5, 0.6) is 0 Å². The normalized spacial score (nSPS) is 12.9. The van der Waals surface area contributed by atoms with Crippen LogP contribution in [-0.4, -0.2) is 23.2 Å². The quantitative estimate of drug-likeness (QED) is 0.895. The third-order valence-electron chi connectivity index (χ3n) is 2.00. The number of carbonyl (C=O) groups is 2. The largest absolute Gasteiger partial charge is 0.479 e. The Balaban J connectivity index is 3.03. The van der Waals surface area contributed by atoms with Gasteiger partial charge in [-0.25, -0.2) is 4.79 Å². The highest BCUT2D eigenvalue weighted by atomic mass is 79.9. The minimum absolute atomic E-state index is 0.0302. The summed E-state index contributed by atoms with van der Waals surface area (Å²) in [6.07, 6.45) is -5.13. The molecule has 0 aromatic heterocycles. The van der Waals surface area contributed by atoms with Crippen LogP contribution in [0.15, 0.2) is 28.7 Å². The number of benzene rings is 1. The molecule has 8 heteroatoms. The van der Waals surface area contributed by atoms with E-state index in [0.717, 1.165) is 0 Å². The molecule has 1 unspecified atom stereocenters. The lowest BCUT2D eigenvalue weighted by molar-refractivity contribution is -0.175. The van der Waals surface area contributed by atoms with Crippen LogP contribution >= 0.6 is 15.9 Å². The highest BCUT2D eigenvalue weighted by Crippen LogP contribution is 2.25. The summed E-state index contributed by atoms with van der Waals surface area (Å²) in [6.45, 7) is 0. The summed E-state index contributed by atoms with van der Waals surface area (Å²) in [5, 5.41) is 10.3. The van der Waals surface area contributed by atoms with E-state index in [9.17, 15) is 22.8 Å². The fraction of sp³-hybridized carbons (Fsp3) is 0.200. The summed E-state index contributed by atoms with van der Waals surface area (Å²) < 4.78 is 36.5. The average Bonchev–Trinajstić information content (AvgIpc) is 2.25. The number of amides is 1. The maximum Gasteiger partial charge on any atom is 0.471 e. The predicted molar refractivity (Wildman–Crippen MR) is 58.7 cm³/mol. The molecule has 0 aliphatic rings. The molecular weight excluding hydrogens is 319 g/mol. The van der Waals surface area contributed by atoms with Crippen molar-refractivity contribution in [2.75, 3.05) is 0 Å². The van der Waals surface area contributed by atoms with Gasteiger partial charge >= 0.3 is 18.1 Å². The molecule has 4 nitrogen and oxygen atoms in total. The zero-order valence-corrected chi connectivity index (χ0v) is 10.2. The summed E-state index contributed by atoms with van der Waals surface area (Å²) in [5.41, 5.74) is 0.0302. The summed E-state index contributed by atoms with van der Waals surface area (Å²) >= 11 is 3.01. The van der Waals surface area contributed by atoms with Gasteiger partial charge in [-0.1, -0.05) is 34.1 Å². The molecule has 0 radical (unpaired) electrons. The molecule has 1 amide bonds. The van der Waals surface area contributed by atoms with Crippen LogP contribution in [0.25, 0.3) is 0 Å². The van der Waals surface area contributed by atoms with Crippen LogP contribution in [0, 0.1) is 0 Å². The monoisotopic (exact) mass is 325 g/mol. The Morgan fingerprint density at radius 1 is 1.28 bits per heavy atom. The van der Waals surface area contributed by atoms with E-state index >= 15 is 0 Å². The Labute approximate surface area is 108 Å². The second kappa shape index (κ2) is 5.38. The molecule has 1 aromatic rings. The lowest BCUT2D eigenvalue weighted by Gasteiger charge is -2.17. The zero-order chi connectivity index (χ0) is 13.9. The molecule has 0 saturated carbocycles. The maximum absolute atomic E-state index is 12.1. The fourth-order valence-electron chi connectivity index (χ4n) is 1.19. The SMILES string of the molecule is O=C(O)C(NC(=O)C(F)(F)F)c1ccccc1Br. The molecule has 98 valence electrons. The molecule has 1 atom stereocenters. The summed E-state index contributed by atoms with van der Waals surface area (Å²) in [5.74, 6) is -3.88. The topological polar surface area (TPSA) is 66.4 Å². The molecule has 0 aliphatic heterocycles. The number of hydrogen-bond acceptors (Lipinski definition) is 2. The summed E-state index contributed by atoms with van der Waals surface area (Å²) in [6, 6.07) is 4.02. The minimum Gasteiger partial charge on any atom is -0.479 e. The fourth-order valence-corrected chi connectivity index (χ4v) is 1.71. The van der Waals surface area contributed by atoms with Crippen molar-refractivity contribution in [1.82, 2.24) is 5.32 Å². The Morgan fingerprint density at radius 2 is 1.83 bits per heavy atom. The van der Waals surface area contributed by atoms with Gasteiger partial charge in [0.05, 0.1) is 0 Å². The van der Waals surface area contributed by atoms with Gasteiger partial charge in [0.15, 0.2) is 6.04 Å². The van der Waals surface area contributed by atoms with Crippen LogP contribution in [0.2, 0.25) is 0 Å². The van der Waals surface area contributed by atoms with Gasteiger partial charge in [0, 0.05) is 4.47 Å². The van der Waals surface area contributed by atoms with E-state index in [4.69, 9.17) is 5.11 Å². The number of carboxylic acid groups (broad SMARTS) is 1. The molecule has 18 heavy (non-hydrogen) atoms. The third-order valence-corrected chi connectivity index (χ3v) is 2.72. The second-order valence-corrected chi connectivity index (χ2v) is 4.12. The van der Waals surface area contributed by atoms with Gasteiger partial charge in [-0.3, -0.25) is 4.79 Å². The zero-order valence-electron chi connectivity index (χ0n) is 8.66. The molecule has 2 N–H and O–H groups in total. The van der Waals surface area contributed by atoms with E-state index in [2.05, 4.69) is 15.9 Å². The van der Waals surface area contributed by atoms with Gasteiger partial charge in [-0.2, -0.15) is 13.2 Å². The number of nitrogens with one attached hydrogen (secondary N) is 1. The molecule has 0 bridgehead atoms. The van der Waals surface area contributed by atoms with Crippen LogP contribution in [-0.2, 0) is 9.59 Å². The molecule has 0 fully saturated rings. The van der Waals surface area contributed by atoms with Crippen LogP contribution < -0.4 is 5.32 Å². The van der Waals surface area contributed by atoms with E-state index in [1.54, 1.807) is 6.07 Å². The Hall–Kier alpha value is -1.57. The van der Waals surface area contributed by atoms with Crippen molar-refractivity contribution in [3.63, 3.8) is 0 Å². The first-order valence-corrected chi connectivity index (χ1v) is 5.37. The van der Waals surface area contributed by atoms with E-state index in [1.165, 1.54) is 23.5 Å². The molecule has 0 aliphatic carbocycles. The molecule has 0 saturated heterocycles. The first kappa shape index (κ1) is 14.5. The van der Waals surface area contributed by atoms with Gasteiger partial charge in [0.2, 0.25) is 0 Å². The number of halogens is 4. The molecule has 0 spiro atoms. The lowest BCUT2D eigenvalue weighted by Crippen LogP contribution is -2.42. The third kappa shape index (κ3) is 3.46. The molecule has 0 heterocycles. The van der Waals surface area contributed by atoms with Crippen molar-refractivity contribution in [3.05, 3.63) is 34.3 Å². The van der Waals surface area contributed by atoms with Crippen LogP contribution in [0.3, 0.4) is 0 Å². The molecule has 1 rings (SSSR count). The average molecular weight is 326 g/mol. The minimum atomic E-state index is -5.13. The van der Waals surface area contributed by atoms with E-state index < -0.39 is 24.1 Å². The Bertz CT molecular complexity index is 476. The van der Waals surface area contributed by atoms with Gasteiger partial charge in [0.25, 0.3) is 0 Å². The van der Waals surface area contributed by atoms with Crippen molar-refractivity contribution < 1.29 is 27.9 Å². The summed E-state index contributed by atoms with van der Waals surface area (Å²) in [7, 11) is 0. The number of rotatable bonds is 3. The van der Waals surface area contributed by atoms with Crippen LogP contribution in [0.4, 0.5) is 13.2 Å². The number of carbonyl (C=O) groups excluding carboxylic acids is 1. The Kier molecular flexibility index (Phi) is 4.33. The smallest absolute Gasteiger partial charge is 0.471 e. The number of carboxylic acids is 1. The van der Waals surface area contributed by atoms with E-state index in [1.807, 2.05) is 0 Å². The van der Waals surface area contributed by atoms with Crippen molar-refractivity contribution in [3.8, 4) is 0 Å². The van der Waals surface area contributed by atoms with Crippen LogP contribution in [0.1, 0.15) is 11.6 Å². The highest BCUT2D eigenvalue weighted by Gasteiger charge is 2.41. The highest BCUT2D eigenvalue weighted by molar-refractivity contribution is 9.10. The standard InChI is InChI=1S/C10H7BrF3NO3/c11-6-4-2-1-3-5(6)7(8(16)17)15-9(18)10(12,13)14/h1-4,7H,(H,15,18)(H,16,17). The van der Waals surface area contributed by atoms with Gasteiger partial charge in [-0.15, -0.1) is 0 Å². The van der Waals surface area contributed by atoms with Crippen molar-refractivity contribution in [2.24, 2.45) is 0 Å². The number of alkyl halides is 3. The van der Waals surface area contributed by atoms with Crippen molar-refractivity contribution in [1.29, 1.82) is 0 Å². The first-order valence-electron chi connectivity index (χ1n) is 4.58. The lowest BCUT2D eigenvalue weighted by atomic mass is 10.1. The summed E-state index contributed by atoms with van der Waals surface area (Å²) in [4.78, 5) is 21.7. The second-order valence-electron chi connectivity index (χ2n) is 3.26.